The summed E-state index contributed by atoms with van der Waals surface area (Å²) in [7, 11) is -2.30. The normalized spacial score (nSPS) is 16.3. The molecule has 36 heavy (non-hydrogen) atoms. The Morgan fingerprint density at radius 3 is 2.72 bits per heavy atom. The van der Waals surface area contributed by atoms with Crippen LogP contribution >= 0.6 is 0 Å². The molecule has 10 nitrogen and oxygen atoms in total. The van der Waals surface area contributed by atoms with Gasteiger partial charge in [-0.3, -0.25) is 0 Å². The van der Waals surface area contributed by atoms with Crippen LogP contribution in [0.15, 0.2) is 53.7 Å². The van der Waals surface area contributed by atoms with Crippen LogP contribution in [-0.4, -0.2) is 48.4 Å². The molecule has 0 bridgehead atoms. The fraction of sp³-hybridized carbons (Fsp3) is 0.320. The van der Waals surface area contributed by atoms with Gasteiger partial charge < -0.3 is 15.8 Å². The number of hydrogen-bond acceptors (Lipinski definition) is 8. The number of nitrogen functional groups attached to an aromatic ring is 1. The third-order valence-electron chi connectivity index (χ3n) is 6.44. The van der Waals surface area contributed by atoms with E-state index in [2.05, 4.69) is 20.0 Å². The molecule has 0 amide bonds. The van der Waals surface area contributed by atoms with Crippen molar-refractivity contribution in [2.45, 2.75) is 37.2 Å². The fourth-order valence-corrected chi connectivity index (χ4v) is 5.79. The summed E-state index contributed by atoms with van der Waals surface area (Å²) in [5.41, 5.74) is 10.2. The quantitative estimate of drug-likeness (QED) is 0.347. The maximum absolute atomic E-state index is 12.9. The predicted molar refractivity (Wildman–Crippen MR) is 138 cm³/mol. The smallest absolute Gasteiger partial charge is 0.244 e. The summed E-state index contributed by atoms with van der Waals surface area (Å²) in [6, 6.07) is 12.8. The van der Waals surface area contributed by atoms with Crippen LogP contribution in [0.25, 0.3) is 22.3 Å². The number of nitrogens with one attached hydrogen (secondary N) is 2. The maximum atomic E-state index is 12.9. The van der Waals surface area contributed by atoms with E-state index < -0.39 is 10.0 Å². The van der Waals surface area contributed by atoms with E-state index in [-0.39, 0.29) is 17.5 Å². The van der Waals surface area contributed by atoms with E-state index in [4.69, 9.17) is 15.6 Å². The van der Waals surface area contributed by atoms with Crippen LogP contribution in [0.5, 0.6) is 5.75 Å². The molecule has 1 atom stereocenters. The van der Waals surface area contributed by atoms with E-state index >= 15 is 0 Å². The molecule has 3 heterocycles. The zero-order valence-electron chi connectivity index (χ0n) is 20.2. The van der Waals surface area contributed by atoms with Crippen LogP contribution in [0.4, 0.5) is 5.82 Å². The highest BCUT2D eigenvalue weighted by Gasteiger charge is 2.24. The van der Waals surface area contributed by atoms with Gasteiger partial charge in [0.25, 0.3) is 0 Å². The first-order valence-corrected chi connectivity index (χ1v) is 13.3. The molecule has 1 fully saturated rings. The number of fused-ring (bicyclic) bond motifs is 1. The molecule has 0 radical (unpaired) electrons. The average molecular weight is 508 g/mol. The first-order chi connectivity index (χ1) is 17.4. The van der Waals surface area contributed by atoms with Crippen molar-refractivity contribution in [3.05, 3.63) is 59.9 Å². The lowest BCUT2D eigenvalue weighted by atomic mass is 10.1. The SMILES string of the molecule is COc1ccc(C)cc1S(=O)(=O)NCc1ccc(-c2nn(C3CCCNC3)c3ncnc(N)c23)cc1. The molecule has 0 spiro atoms. The van der Waals surface area contributed by atoms with E-state index in [1.807, 2.05) is 41.9 Å². The minimum atomic E-state index is -3.76. The number of aromatic nitrogens is 4. The third-order valence-corrected chi connectivity index (χ3v) is 7.86. The van der Waals surface area contributed by atoms with Gasteiger partial charge in [0.1, 0.15) is 28.5 Å². The van der Waals surface area contributed by atoms with Crippen molar-refractivity contribution in [3.63, 3.8) is 0 Å². The lowest BCUT2D eigenvalue weighted by Gasteiger charge is -2.23. The Bertz CT molecular complexity index is 1490. The Morgan fingerprint density at radius 2 is 2.00 bits per heavy atom. The highest BCUT2D eigenvalue weighted by atomic mass is 32.2. The molecule has 2 aromatic heterocycles. The van der Waals surface area contributed by atoms with Crippen molar-refractivity contribution in [1.82, 2.24) is 29.8 Å². The van der Waals surface area contributed by atoms with Gasteiger partial charge in [0.15, 0.2) is 5.65 Å². The van der Waals surface area contributed by atoms with Crippen LogP contribution in [0, 0.1) is 6.92 Å². The average Bonchev–Trinajstić information content (AvgIpc) is 3.29. The largest absolute Gasteiger partial charge is 0.495 e. The van der Waals surface area contributed by atoms with Crippen LogP contribution < -0.4 is 20.5 Å². The Balaban J connectivity index is 1.40. The molecule has 1 aliphatic rings. The zero-order chi connectivity index (χ0) is 25.3. The number of sulfonamides is 1. The van der Waals surface area contributed by atoms with Gasteiger partial charge in [0.05, 0.1) is 18.5 Å². The van der Waals surface area contributed by atoms with Gasteiger partial charge in [-0.15, -0.1) is 0 Å². The molecule has 0 aliphatic carbocycles. The number of ether oxygens (including phenoxy) is 1. The van der Waals surface area contributed by atoms with Crippen molar-refractivity contribution in [2.75, 3.05) is 25.9 Å². The molecular weight excluding hydrogens is 478 g/mol. The summed E-state index contributed by atoms with van der Waals surface area (Å²) in [5, 5.41) is 9.04. The zero-order valence-corrected chi connectivity index (χ0v) is 21.0. The molecule has 188 valence electrons. The summed E-state index contributed by atoms with van der Waals surface area (Å²) in [4.78, 5) is 8.78. The summed E-state index contributed by atoms with van der Waals surface area (Å²) >= 11 is 0. The van der Waals surface area contributed by atoms with Gasteiger partial charge in [0.2, 0.25) is 10.0 Å². The summed E-state index contributed by atoms with van der Waals surface area (Å²) in [6.45, 7) is 3.80. The second kappa shape index (κ2) is 9.84. The van der Waals surface area contributed by atoms with Crippen LogP contribution in [-0.2, 0) is 16.6 Å². The minimum Gasteiger partial charge on any atom is -0.495 e. The number of anilines is 1. The third kappa shape index (κ3) is 4.64. The lowest BCUT2D eigenvalue weighted by Crippen LogP contribution is -2.32. The highest BCUT2D eigenvalue weighted by molar-refractivity contribution is 7.89. The van der Waals surface area contributed by atoms with E-state index in [1.165, 1.54) is 13.4 Å². The number of aryl methyl sites for hydroxylation is 1. The molecule has 1 saturated heterocycles. The number of hydrogen-bond donors (Lipinski definition) is 3. The second-order valence-electron chi connectivity index (χ2n) is 8.93. The van der Waals surface area contributed by atoms with Gasteiger partial charge in [-0.05, 0) is 49.6 Å². The van der Waals surface area contributed by atoms with Gasteiger partial charge in [-0.2, -0.15) is 5.10 Å². The van der Waals surface area contributed by atoms with Gasteiger partial charge in [-0.1, -0.05) is 30.3 Å². The summed E-state index contributed by atoms with van der Waals surface area (Å²) < 4.78 is 35.7. The first-order valence-electron chi connectivity index (χ1n) is 11.8. The summed E-state index contributed by atoms with van der Waals surface area (Å²) in [6.07, 6.45) is 3.55. The fourth-order valence-electron chi connectivity index (χ4n) is 4.52. The highest BCUT2D eigenvalue weighted by Crippen LogP contribution is 2.33. The van der Waals surface area contributed by atoms with Crippen molar-refractivity contribution >= 4 is 26.9 Å². The van der Waals surface area contributed by atoms with Gasteiger partial charge in [-0.25, -0.2) is 27.8 Å². The number of methoxy groups -OCH3 is 1. The monoisotopic (exact) mass is 507 g/mol. The van der Waals surface area contributed by atoms with Crippen molar-refractivity contribution in [3.8, 4) is 17.0 Å². The standard InChI is InChI=1S/C25H29N7O3S/c1-16-5-10-20(35-2)21(12-16)36(33,34)30-13-17-6-8-18(9-7-17)23-22-24(26)28-15-29-25(22)32(31-23)19-4-3-11-27-14-19/h5-10,12,15,19,27,30H,3-4,11,13-14H2,1-2H3,(H2,26,28,29). The number of nitrogens with two attached hydrogens (primary N) is 1. The molecule has 0 saturated carbocycles. The number of nitrogens with zero attached hydrogens (tertiary/aromatic N) is 4. The predicted octanol–water partition coefficient (Wildman–Crippen LogP) is 2.80. The molecule has 1 unspecified atom stereocenters. The van der Waals surface area contributed by atoms with Gasteiger partial charge in [0, 0.05) is 18.7 Å². The maximum Gasteiger partial charge on any atom is 0.244 e. The van der Waals surface area contributed by atoms with E-state index in [1.54, 1.807) is 12.1 Å². The molecule has 4 aromatic rings. The van der Waals surface area contributed by atoms with Crippen LogP contribution in [0.2, 0.25) is 0 Å². The van der Waals surface area contributed by atoms with Gasteiger partial charge >= 0.3 is 0 Å². The van der Waals surface area contributed by atoms with Crippen molar-refractivity contribution in [2.24, 2.45) is 0 Å². The molecule has 4 N–H and O–H groups in total. The van der Waals surface area contributed by atoms with E-state index in [9.17, 15) is 8.42 Å². The Hall–Kier alpha value is -3.54. The minimum absolute atomic E-state index is 0.117. The molecular formula is C25H29N7O3S. The van der Waals surface area contributed by atoms with Crippen molar-refractivity contribution < 1.29 is 13.2 Å². The van der Waals surface area contributed by atoms with Crippen molar-refractivity contribution in [1.29, 1.82) is 0 Å². The second-order valence-corrected chi connectivity index (χ2v) is 10.7. The molecule has 2 aromatic carbocycles. The topological polar surface area (TPSA) is 137 Å². The molecule has 11 heteroatoms. The Kier molecular flexibility index (Phi) is 6.61. The lowest BCUT2D eigenvalue weighted by molar-refractivity contribution is 0.354. The van der Waals surface area contributed by atoms with Crippen LogP contribution in [0.3, 0.4) is 0 Å². The number of rotatable bonds is 7. The molecule has 1 aliphatic heterocycles. The number of piperidine rings is 1. The van der Waals surface area contributed by atoms with Crippen LogP contribution in [0.1, 0.15) is 30.0 Å². The van der Waals surface area contributed by atoms with E-state index in [0.717, 1.165) is 53.7 Å². The first kappa shape index (κ1) is 24.2. The summed E-state index contributed by atoms with van der Waals surface area (Å²) in [5.74, 6) is 0.688. The Labute approximate surface area is 210 Å². The van der Waals surface area contributed by atoms with E-state index in [0.29, 0.717) is 17.3 Å². The number of benzene rings is 2. The Morgan fingerprint density at radius 1 is 1.19 bits per heavy atom. The molecule has 5 rings (SSSR count).